The van der Waals surface area contributed by atoms with Gasteiger partial charge < -0.3 is 10.2 Å². The molecular weight excluding hydrogens is 312 g/mol. The van der Waals surface area contributed by atoms with E-state index in [1.54, 1.807) is 24.3 Å². The fourth-order valence-corrected chi connectivity index (χ4v) is 3.01. The fourth-order valence-electron chi connectivity index (χ4n) is 3.01. The molecule has 0 bridgehead atoms. The molecule has 1 aliphatic heterocycles. The number of hydrogen-bond acceptors (Lipinski definition) is 2. The molecule has 1 N–H and O–H groups in total. The van der Waals surface area contributed by atoms with Gasteiger partial charge in [0.2, 0.25) is 5.91 Å². The molecule has 0 spiro atoms. The molecule has 2 aromatic carbocycles. The number of terminal acetylenes is 1. The molecular formula is C21H20N2O2. The van der Waals surface area contributed by atoms with Crippen LogP contribution in [0.4, 0.5) is 0 Å². The highest BCUT2D eigenvalue weighted by atomic mass is 16.2. The maximum absolute atomic E-state index is 12.4. The van der Waals surface area contributed by atoms with Crippen molar-refractivity contribution in [1.29, 1.82) is 0 Å². The number of hydrogen-bond donors (Lipinski definition) is 1. The standard InChI is InChI=1S/C21H20N2O2/c1-2-16-9-6-10-18(13-16)21(25)22-19-14-20(24)23(15-19)12-11-17-7-4-3-5-8-17/h1,3-10,13,19H,11-12,14-15H2,(H,22,25)/t19-/m1/s1. The summed E-state index contributed by atoms with van der Waals surface area (Å²) in [6, 6.07) is 16.9. The highest BCUT2D eigenvalue weighted by Crippen LogP contribution is 2.14. The van der Waals surface area contributed by atoms with Crippen molar-refractivity contribution in [3.63, 3.8) is 0 Å². The van der Waals surface area contributed by atoms with E-state index in [1.165, 1.54) is 5.56 Å². The van der Waals surface area contributed by atoms with Crippen LogP contribution >= 0.6 is 0 Å². The van der Waals surface area contributed by atoms with Gasteiger partial charge in [0.25, 0.3) is 5.91 Å². The van der Waals surface area contributed by atoms with Crippen LogP contribution in [0.2, 0.25) is 0 Å². The predicted octanol–water partition coefficient (Wildman–Crippen LogP) is 2.24. The van der Waals surface area contributed by atoms with E-state index in [2.05, 4.69) is 23.4 Å². The third-order valence-electron chi connectivity index (χ3n) is 4.35. The summed E-state index contributed by atoms with van der Waals surface area (Å²) in [6.45, 7) is 1.22. The third-order valence-corrected chi connectivity index (χ3v) is 4.35. The second-order valence-electron chi connectivity index (χ2n) is 6.18. The zero-order valence-corrected chi connectivity index (χ0v) is 13.9. The zero-order chi connectivity index (χ0) is 17.6. The molecule has 1 aliphatic rings. The van der Waals surface area contributed by atoms with Crippen molar-refractivity contribution >= 4 is 11.8 Å². The van der Waals surface area contributed by atoms with Gasteiger partial charge in [0, 0.05) is 30.6 Å². The smallest absolute Gasteiger partial charge is 0.251 e. The van der Waals surface area contributed by atoms with Gasteiger partial charge in [-0.05, 0) is 30.2 Å². The van der Waals surface area contributed by atoms with Crippen molar-refractivity contribution in [1.82, 2.24) is 10.2 Å². The van der Waals surface area contributed by atoms with Crippen molar-refractivity contribution in [2.75, 3.05) is 13.1 Å². The number of carbonyl (C=O) groups excluding carboxylic acids is 2. The van der Waals surface area contributed by atoms with Crippen molar-refractivity contribution in [2.24, 2.45) is 0 Å². The molecule has 0 aromatic heterocycles. The van der Waals surface area contributed by atoms with Gasteiger partial charge in [0.1, 0.15) is 0 Å². The van der Waals surface area contributed by atoms with Crippen LogP contribution in [0.25, 0.3) is 0 Å². The number of carbonyl (C=O) groups is 2. The van der Waals surface area contributed by atoms with E-state index >= 15 is 0 Å². The summed E-state index contributed by atoms with van der Waals surface area (Å²) < 4.78 is 0. The molecule has 2 amide bonds. The number of rotatable bonds is 5. The normalized spacial score (nSPS) is 16.5. The highest BCUT2D eigenvalue weighted by Gasteiger charge is 2.30. The molecule has 4 heteroatoms. The van der Waals surface area contributed by atoms with Crippen LogP contribution in [0.3, 0.4) is 0 Å². The molecule has 1 saturated heterocycles. The van der Waals surface area contributed by atoms with E-state index in [0.717, 1.165) is 6.42 Å². The van der Waals surface area contributed by atoms with Gasteiger partial charge in [0.05, 0.1) is 6.04 Å². The van der Waals surface area contributed by atoms with Crippen molar-refractivity contribution < 1.29 is 9.59 Å². The Morgan fingerprint density at radius 1 is 1.20 bits per heavy atom. The Balaban J connectivity index is 1.55. The van der Waals surface area contributed by atoms with Crippen LogP contribution in [-0.4, -0.2) is 35.8 Å². The number of nitrogens with one attached hydrogen (secondary N) is 1. The van der Waals surface area contributed by atoms with E-state index in [1.807, 2.05) is 23.1 Å². The Morgan fingerprint density at radius 3 is 2.76 bits per heavy atom. The number of amides is 2. The van der Waals surface area contributed by atoms with Crippen molar-refractivity contribution in [3.8, 4) is 12.3 Å². The first-order valence-corrected chi connectivity index (χ1v) is 8.35. The van der Waals surface area contributed by atoms with Gasteiger partial charge in [-0.1, -0.05) is 42.3 Å². The summed E-state index contributed by atoms with van der Waals surface area (Å²) in [5.41, 5.74) is 2.39. The summed E-state index contributed by atoms with van der Waals surface area (Å²) in [5.74, 6) is 2.41. The second-order valence-corrected chi connectivity index (χ2v) is 6.18. The van der Waals surface area contributed by atoms with Crippen LogP contribution < -0.4 is 5.32 Å². The monoisotopic (exact) mass is 332 g/mol. The average molecular weight is 332 g/mol. The predicted molar refractivity (Wildman–Crippen MR) is 97.0 cm³/mol. The van der Waals surface area contributed by atoms with Crippen LogP contribution in [0.1, 0.15) is 27.9 Å². The van der Waals surface area contributed by atoms with Gasteiger partial charge in [0.15, 0.2) is 0 Å². The van der Waals surface area contributed by atoms with Crippen LogP contribution in [0.15, 0.2) is 54.6 Å². The van der Waals surface area contributed by atoms with Gasteiger partial charge >= 0.3 is 0 Å². The van der Waals surface area contributed by atoms with E-state index < -0.39 is 0 Å². The molecule has 2 aromatic rings. The number of likely N-dealkylation sites (tertiary alicyclic amines) is 1. The molecule has 1 fully saturated rings. The summed E-state index contributed by atoms with van der Waals surface area (Å²) in [4.78, 5) is 26.3. The van der Waals surface area contributed by atoms with Gasteiger partial charge in [-0.2, -0.15) is 0 Å². The lowest BCUT2D eigenvalue weighted by Gasteiger charge is -2.17. The van der Waals surface area contributed by atoms with Gasteiger partial charge in [-0.25, -0.2) is 0 Å². The maximum atomic E-state index is 12.4. The molecule has 1 heterocycles. The number of benzene rings is 2. The van der Waals surface area contributed by atoms with E-state index in [0.29, 0.717) is 30.6 Å². The van der Waals surface area contributed by atoms with Crippen LogP contribution in [-0.2, 0) is 11.2 Å². The second kappa shape index (κ2) is 7.67. The minimum Gasteiger partial charge on any atom is -0.347 e. The van der Waals surface area contributed by atoms with Crippen molar-refractivity contribution in [3.05, 3.63) is 71.3 Å². The third kappa shape index (κ3) is 4.27. The van der Waals surface area contributed by atoms with Crippen LogP contribution in [0, 0.1) is 12.3 Å². The van der Waals surface area contributed by atoms with E-state index in [9.17, 15) is 9.59 Å². The molecule has 126 valence electrons. The summed E-state index contributed by atoms with van der Waals surface area (Å²) in [7, 11) is 0. The van der Waals surface area contributed by atoms with Gasteiger partial charge in [-0.15, -0.1) is 6.42 Å². The average Bonchev–Trinajstić information content (AvgIpc) is 3.00. The largest absolute Gasteiger partial charge is 0.347 e. The Morgan fingerprint density at radius 2 is 2.00 bits per heavy atom. The summed E-state index contributed by atoms with van der Waals surface area (Å²) >= 11 is 0. The minimum atomic E-state index is -0.195. The molecule has 1 atom stereocenters. The fraction of sp³-hybridized carbons (Fsp3) is 0.238. The van der Waals surface area contributed by atoms with Crippen molar-refractivity contribution in [2.45, 2.75) is 18.9 Å². The SMILES string of the molecule is C#Cc1cccc(C(=O)N[C@@H]2CC(=O)N(CCc3ccccc3)C2)c1. The quantitative estimate of drug-likeness (QED) is 0.854. The molecule has 0 aliphatic carbocycles. The molecule has 4 nitrogen and oxygen atoms in total. The summed E-state index contributed by atoms with van der Waals surface area (Å²) in [6.07, 6.45) is 6.53. The lowest BCUT2D eigenvalue weighted by molar-refractivity contribution is -0.127. The summed E-state index contributed by atoms with van der Waals surface area (Å²) in [5, 5.41) is 2.94. The Kier molecular flexibility index (Phi) is 5.15. The first kappa shape index (κ1) is 16.8. The topological polar surface area (TPSA) is 49.4 Å². The lowest BCUT2D eigenvalue weighted by atomic mass is 10.1. The molecule has 25 heavy (non-hydrogen) atoms. The maximum Gasteiger partial charge on any atom is 0.251 e. The first-order chi connectivity index (χ1) is 12.2. The van der Waals surface area contributed by atoms with Gasteiger partial charge in [-0.3, -0.25) is 9.59 Å². The molecule has 0 radical (unpaired) electrons. The zero-order valence-electron chi connectivity index (χ0n) is 13.9. The van der Waals surface area contributed by atoms with E-state index in [-0.39, 0.29) is 17.9 Å². The molecule has 0 saturated carbocycles. The highest BCUT2D eigenvalue weighted by molar-refractivity contribution is 5.95. The van der Waals surface area contributed by atoms with Crippen LogP contribution in [0.5, 0.6) is 0 Å². The lowest BCUT2D eigenvalue weighted by Crippen LogP contribution is -2.37. The Hall–Kier alpha value is -3.06. The number of nitrogens with zero attached hydrogens (tertiary/aromatic N) is 1. The minimum absolute atomic E-state index is 0.0820. The Labute approximate surface area is 147 Å². The Bertz CT molecular complexity index is 808. The van der Waals surface area contributed by atoms with E-state index in [4.69, 9.17) is 6.42 Å². The molecule has 0 unspecified atom stereocenters. The first-order valence-electron chi connectivity index (χ1n) is 8.35. The molecule has 3 rings (SSSR count).